The van der Waals surface area contributed by atoms with Gasteiger partial charge in [0.2, 0.25) is 0 Å². The predicted molar refractivity (Wildman–Crippen MR) is 132 cm³/mol. The Hall–Kier alpha value is -1.69. The Morgan fingerprint density at radius 1 is 1.19 bits per heavy atom. The number of ether oxygens (including phenoxy) is 1. The number of aromatic nitrogens is 2. The van der Waals surface area contributed by atoms with Crippen molar-refractivity contribution in [3.05, 3.63) is 67.3 Å². The van der Waals surface area contributed by atoms with E-state index in [-0.39, 0.29) is 18.2 Å². The van der Waals surface area contributed by atoms with Crippen molar-refractivity contribution >= 4 is 51.7 Å². The topological polar surface area (TPSA) is 70.8 Å². The fourth-order valence-electron chi connectivity index (χ4n) is 3.64. The molecule has 4 rings (SSSR count). The van der Waals surface area contributed by atoms with E-state index in [0.29, 0.717) is 53.3 Å². The van der Waals surface area contributed by atoms with Crippen molar-refractivity contribution in [1.29, 1.82) is 0 Å². The third kappa shape index (κ3) is 4.66. The van der Waals surface area contributed by atoms with E-state index in [1.807, 2.05) is 29.3 Å². The molecular weight excluding hydrogens is 566 g/mol. The van der Waals surface area contributed by atoms with E-state index >= 15 is 0 Å². The highest BCUT2D eigenvalue weighted by Crippen LogP contribution is 2.34. The number of halogens is 3. The second kappa shape index (κ2) is 10.1. The number of hydrogen-bond acceptors (Lipinski definition) is 5. The lowest BCUT2D eigenvalue weighted by Gasteiger charge is -2.34. The number of carbonyl (C=O) groups is 1. The third-order valence-corrected chi connectivity index (χ3v) is 6.56. The normalized spacial score (nSPS) is 14.5. The monoisotopic (exact) mass is 586 g/mol. The summed E-state index contributed by atoms with van der Waals surface area (Å²) in [6.45, 7) is 1.94. The fraction of sp³-hybridized carbons (Fsp3) is 0.273. The van der Waals surface area contributed by atoms with Crippen LogP contribution in [-0.4, -0.2) is 64.2 Å². The van der Waals surface area contributed by atoms with Gasteiger partial charge in [-0.25, -0.2) is 9.69 Å². The van der Waals surface area contributed by atoms with Crippen molar-refractivity contribution in [2.24, 2.45) is 0 Å². The number of hydrogen-bond donors (Lipinski definition) is 1. The number of nitrogens with zero attached hydrogens (tertiary/aromatic N) is 4. The molecule has 1 aliphatic heterocycles. The van der Waals surface area contributed by atoms with Gasteiger partial charge < -0.3 is 9.84 Å². The number of rotatable bonds is 5. The van der Waals surface area contributed by atoms with Crippen LogP contribution in [0.4, 0.5) is 0 Å². The van der Waals surface area contributed by atoms with Crippen LogP contribution in [0.5, 0.6) is 0 Å². The molecule has 0 atom stereocenters. The zero-order valence-electron chi connectivity index (χ0n) is 17.3. The first kappa shape index (κ1) is 23.5. The van der Waals surface area contributed by atoms with Crippen molar-refractivity contribution in [3.63, 3.8) is 0 Å². The van der Waals surface area contributed by atoms with Gasteiger partial charge >= 0.3 is 0 Å². The van der Waals surface area contributed by atoms with Crippen LogP contribution < -0.4 is 0 Å². The summed E-state index contributed by atoms with van der Waals surface area (Å²) in [4.78, 5) is 13.4. The van der Waals surface area contributed by atoms with E-state index in [1.54, 1.807) is 29.9 Å². The molecular formula is C22H21Cl2IN4O3. The summed E-state index contributed by atoms with van der Waals surface area (Å²) in [5.74, 6) is -0.313. The minimum absolute atomic E-state index is 0.168. The Morgan fingerprint density at radius 2 is 1.88 bits per heavy atom. The molecule has 7 nitrogen and oxygen atoms in total. The average Bonchev–Trinajstić information content (AvgIpc) is 3.18. The van der Waals surface area contributed by atoms with E-state index in [9.17, 15) is 9.90 Å². The quantitative estimate of drug-likeness (QED) is 0.452. The maximum atomic E-state index is 13.4. The summed E-state index contributed by atoms with van der Waals surface area (Å²) in [5, 5.41) is 19.3. The van der Waals surface area contributed by atoms with Gasteiger partial charge in [-0.15, -0.1) is 0 Å². The van der Waals surface area contributed by atoms with Crippen LogP contribution in [0.15, 0.2) is 42.5 Å². The van der Waals surface area contributed by atoms with Crippen LogP contribution in [0, 0.1) is 3.57 Å². The number of carbonyl (C=O) groups excluding carboxylic acids is 1. The molecule has 2 aromatic carbocycles. The highest BCUT2D eigenvalue weighted by atomic mass is 127. The van der Waals surface area contributed by atoms with Crippen molar-refractivity contribution in [2.45, 2.75) is 6.61 Å². The molecule has 0 radical (unpaired) electrons. The molecule has 1 amide bonds. The third-order valence-electron chi connectivity index (χ3n) is 5.31. The van der Waals surface area contributed by atoms with E-state index in [2.05, 4.69) is 27.7 Å². The number of hydrazine groups is 1. The molecule has 32 heavy (non-hydrogen) atoms. The first-order valence-electron chi connectivity index (χ1n) is 9.95. The van der Waals surface area contributed by atoms with Gasteiger partial charge in [-0.05, 0) is 52.9 Å². The lowest BCUT2D eigenvalue weighted by molar-refractivity contribution is -0.0582. The van der Waals surface area contributed by atoms with E-state index in [4.69, 9.17) is 27.9 Å². The van der Waals surface area contributed by atoms with Crippen molar-refractivity contribution in [3.8, 4) is 16.9 Å². The Bertz CT molecular complexity index is 1130. The van der Waals surface area contributed by atoms with Crippen LogP contribution in [0.3, 0.4) is 0 Å². The van der Waals surface area contributed by atoms with Crippen molar-refractivity contribution in [1.82, 2.24) is 19.8 Å². The van der Waals surface area contributed by atoms with Crippen LogP contribution >= 0.6 is 45.8 Å². The van der Waals surface area contributed by atoms with E-state index in [1.165, 1.54) is 5.01 Å². The summed E-state index contributed by atoms with van der Waals surface area (Å²) in [5.41, 5.74) is 2.57. The smallest absolute Gasteiger partial charge is 0.288 e. The molecule has 10 heteroatoms. The van der Waals surface area contributed by atoms with Gasteiger partial charge in [0.15, 0.2) is 5.69 Å². The Balaban J connectivity index is 1.87. The molecule has 0 saturated carbocycles. The molecule has 0 aliphatic carbocycles. The number of benzene rings is 2. The summed E-state index contributed by atoms with van der Waals surface area (Å²) >= 11 is 14.8. The molecule has 0 bridgehead atoms. The molecule has 0 unspecified atom stereocenters. The first-order valence-corrected chi connectivity index (χ1v) is 11.8. The van der Waals surface area contributed by atoms with Gasteiger partial charge in [0, 0.05) is 39.9 Å². The molecule has 1 aromatic heterocycles. The molecule has 1 saturated heterocycles. The van der Waals surface area contributed by atoms with Crippen LogP contribution in [0.2, 0.25) is 10.0 Å². The van der Waals surface area contributed by atoms with Gasteiger partial charge in [0.25, 0.3) is 5.91 Å². The summed E-state index contributed by atoms with van der Waals surface area (Å²) in [6, 6.07) is 12.9. The lowest BCUT2D eigenvalue weighted by Crippen LogP contribution is -2.49. The van der Waals surface area contributed by atoms with Crippen LogP contribution in [-0.2, 0) is 11.3 Å². The van der Waals surface area contributed by atoms with Gasteiger partial charge in [-0.2, -0.15) is 5.10 Å². The summed E-state index contributed by atoms with van der Waals surface area (Å²) < 4.78 is 8.06. The lowest BCUT2D eigenvalue weighted by atomic mass is 10.1. The zero-order chi connectivity index (χ0) is 22.8. The second-order valence-electron chi connectivity index (χ2n) is 7.24. The highest BCUT2D eigenvalue weighted by Gasteiger charge is 2.29. The SMILES string of the molecule is CN(C(=O)c1nn(-c2ccc(Cl)cc2Cl)c(-c2ccc(I)cc2)c1CO)N1CCOCC1. The number of aliphatic hydroxyl groups is 1. The highest BCUT2D eigenvalue weighted by molar-refractivity contribution is 14.1. The van der Waals surface area contributed by atoms with Gasteiger partial charge in [0.1, 0.15) is 0 Å². The van der Waals surface area contributed by atoms with Gasteiger partial charge in [0.05, 0.1) is 36.2 Å². The Morgan fingerprint density at radius 3 is 2.50 bits per heavy atom. The summed E-state index contributed by atoms with van der Waals surface area (Å²) in [7, 11) is 1.70. The minimum atomic E-state index is -0.357. The molecule has 3 aromatic rings. The molecule has 0 spiro atoms. The largest absolute Gasteiger partial charge is 0.392 e. The zero-order valence-corrected chi connectivity index (χ0v) is 20.9. The fourth-order valence-corrected chi connectivity index (χ4v) is 4.49. The predicted octanol–water partition coefficient (Wildman–Crippen LogP) is 4.26. The first-order chi connectivity index (χ1) is 15.4. The van der Waals surface area contributed by atoms with Crippen molar-refractivity contribution in [2.75, 3.05) is 33.4 Å². The van der Waals surface area contributed by atoms with E-state index < -0.39 is 0 Å². The second-order valence-corrected chi connectivity index (χ2v) is 9.33. The van der Waals surface area contributed by atoms with Crippen molar-refractivity contribution < 1.29 is 14.6 Å². The van der Waals surface area contributed by atoms with Gasteiger partial charge in [-0.3, -0.25) is 9.80 Å². The van der Waals surface area contributed by atoms with E-state index in [0.717, 1.165) is 9.13 Å². The minimum Gasteiger partial charge on any atom is -0.392 e. The maximum Gasteiger partial charge on any atom is 0.288 e. The maximum absolute atomic E-state index is 13.4. The summed E-state index contributed by atoms with van der Waals surface area (Å²) in [6.07, 6.45) is 0. The average molecular weight is 587 g/mol. The number of aliphatic hydroxyl groups excluding tert-OH is 1. The number of amides is 1. The molecule has 2 heterocycles. The Labute approximate surface area is 209 Å². The molecule has 1 N–H and O–H groups in total. The number of morpholine rings is 1. The standard InChI is InChI=1S/C22H21Cl2IN4O3/c1-27(28-8-10-32-11-9-28)22(31)20-17(13-30)21(14-2-5-16(25)6-3-14)29(26-20)19-7-4-15(23)12-18(19)24/h2-7,12,30H,8-11,13H2,1H3. The van der Waals surface area contributed by atoms with Crippen LogP contribution in [0.25, 0.3) is 16.9 Å². The Kier molecular flexibility index (Phi) is 7.38. The molecule has 1 fully saturated rings. The molecule has 1 aliphatic rings. The molecule has 168 valence electrons. The van der Waals surface area contributed by atoms with Gasteiger partial charge in [-0.1, -0.05) is 35.3 Å². The van der Waals surface area contributed by atoms with Crippen LogP contribution in [0.1, 0.15) is 16.1 Å².